The van der Waals surface area contributed by atoms with Crippen molar-refractivity contribution in [1.82, 2.24) is 15.1 Å². The highest BCUT2D eigenvalue weighted by atomic mass is 16.5. The number of carbonyl (C=O) groups excluding carboxylic acids is 3. The molecule has 1 aromatic carbocycles. The lowest BCUT2D eigenvalue weighted by molar-refractivity contribution is -0.141. The summed E-state index contributed by atoms with van der Waals surface area (Å²) in [5, 5.41) is 2.80. The standard InChI is InChI=1S/C23H35N3O4/c1-7-16(3)26(17(4)8-2)20(27)15-25-21(28)23(5,24-22(25)29)14-13-18-9-11-19(30-6)12-10-18/h9-12,16-17H,7-8,13-15H2,1-6H3,(H,24,29)/t16-,17+,23-/m1/s1. The Morgan fingerprint density at radius 2 is 1.70 bits per heavy atom. The van der Waals surface area contributed by atoms with E-state index in [1.54, 1.807) is 18.9 Å². The number of nitrogens with zero attached hydrogens (tertiary/aromatic N) is 2. The van der Waals surface area contributed by atoms with E-state index in [4.69, 9.17) is 4.74 Å². The summed E-state index contributed by atoms with van der Waals surface area (Å²) in [5.41, 5.74) is 0.0304. The minimum Gasteiger partial charge on any atom is -0.497 e. The molecule has 0 spiro atoms. The Hall–Kier alpha value is -2.57. The van der Waals surface area contributed by atoms with Crippen molar-refractivity contribution >= 4 is 17.8 Å². The SMILES string of the molecule is CC[C@@H](C)N(C(=O)CN1C(=O)N[C@](C)(CCc2ccc(OC)cc2)C1=O)[C@@H](C)CC. The zero-order valence-electron chi connectivity index (χ0n) is 19.0. The van der Waals surface area contributed by atoms with Gasteiger partial charge in [0.05, 0.1) is 7.11 Å². The van der Waals surface area contributed by atoms with Gasteiger partial charge >= 0.3 is 6.03 Å². The van der Waals surface area contributed by atoms with Gasteiger partial charge < -0.3 is 15.0 Å². The molecule has 2 rings (SSSR count). The number of rotatable bonds is 10. The lowest BCUT2D eigenvalue weighted by Crippen LogP contribution is -2.50. The monoisotopic (exact) mass is 417 g/mol. The van der Waals surface area contributed by atoms with Gasteiger partial charge in [0.15, 0.2) is 0 Å². The van der Waals surface area contributed by atoms with Gasteiger partial charge in [-0.3, -0.25) is 14.5 Å². The van der Waals surface area contributed by atoms with Crippen molar-refractivity contribution in [2.24, 2.45) is 0 Å². The molecule has 1 aliphatic heterocycles. The van der Waals surface area contributed by atoms with E-state index in [0.29, 0.717) is 12.8 Å². The predicted octanol–water partition coefficient (Wildman–Crippen LogP) is 3.36. The highest BCUT2D eigenvalue weighted by Gasteiger charge is 2.48. The number of ether oxygens (including phenoxy) is 1. The quantitative estimate of drug-likeness (QED) is 0.592. The first-order valence-electron chi connectivity index (χ1n) is 10.7. The van der Waals surface area contributed by atoms with Crippen LogP contribution in [0.25, 0.3) is 0 Å². The van der Waals surface area contributed by atoms with E-state index in [0.717, 1.165) is 29.1 Å². The van der Waals surface area contributed by atoms with Crippen molar-refractivity contribution in [3.8, 4) is 5.75 Å². The molecule has 1 fully saturated rings. The van der Waals surface area contributed by atoms with Gasteiger partial charge in [-0.25, -0.2) is 4.79 Å². The smallest absolute Gasteiger partial charge is 0.325 e. The van der Waals surface area contributed by atoms with Crippen LogP contribution in [0.2, 0.25) is 0 Å². The number of carbonyl (C=O) groups is 3. The number of methoxy groups -OCH3 is 1. The molecule has 0 bridgehead atoms. The van der Waals surface area contributed by atoms with Crippen LogP contribution in [0.15, 0.2) is 24.3 Å². The van der Waals surface area contributed by atoms with Crippen molar-refractivity contribution in [2.75, 3.05) is 13.7 Å². The van der Waals surface area contributed by atoms with E-state index in [9.17, 15) is 14.4 Å². The van der Waals surface area contributed by atoms with Gasteiger partial charge in [-0.05, 0) is 64.2 Å². The van der Waals surface area contributed by atoms with E-state index in [2.05, 4.69) is 5.32 Å². The first-order chi connectivity index (χ1) is 14.2. The average Bonchev–Trinajstić information content (AvgIpc) is 2.95. The zero-order chi connectivity index (χ0) is 22.5. The third-order valence-corrected chi connectivity index (χ3v) is 6.13. The van der Waals surface area contributed by atoms with Crippen molar-refractivity contribution in [2.45, 2.75) is 77.9 Å². The van der Waals surface area contributed by atoms with Gasteiger partial charge in [-0.1, -0.05) is 26.0 Å². The second kappa shape index (κ2) is 9.96. The summed E-state index contributed by atoms with van der Waals surface area (Å²) in [4.78, 5) is 41.4. The van der Waals surface area contributed by atoms with Crippen LogP contribution < -0.4 is 10.1 Å². The van der Waals surface area contributed by atoms with Crippen LogP contribution in [-0.2, 0) is 16.0 Å². The molecule has 0 aliphatic carbocycles. The molecule has 30 heavy (non-hydrogen) atoms. The Morgan fingerprint density at radius 1 is 1.13 bits per heavy atom. The van der Waals surface area contributed by atoms with Crippen LogP contribution in [0.5, 0.6) is 5.75 Å². The van der Waals surface area contributed by atoms with Gasteiger partial charge in [-0.2, -0.15) is 0 Å². The molecule has 1 aromatic rings. The number of hydrogen-bond donors (Lipinski definition) is 1. The number of amides is 4. The van der Waals surface area contributed by atoms with Gasteiger partial charge in [0.25, 0.3) is 5.91 Å². The Balaban J connectivity index is 2.07. The highest BCUT2D eigenvalue weighted by molar-refractivity contribution is 6.08. The number of aryl methyl sites for hydroxylation is 1. The molecule has 0 unspecified atom stereocenters. The summed E-state index contributed by atoms with van der Waals surface area (Å²) >= 11 is 0. The van der Waals surface area contributed by atoms with Gasteiger partial charge in [0, 0.05) is 12.1 Å². The maximum absolute atomic E-state index is 13.0. The van der Waals surface area contributed by atoms with Crippen LogP contribution in [0.4, 0.5) is 4.79 Å². The molecule has 0 aromatic heterocycles. The van der Waals surface area contributed by atoms with Crippen LogP contribution in [0.1, 0.15) is 59.4 Å². The fourth-order valence-electron chi connectivity index (χ4n) is 3.78. The fraction of sp³-hybridized carbons (Fsp3) is 0.609. The second-order valence-electron chi connectivity index (χ2n) is 8.32. The van der Waals surface area contributed by atoms with E-state index >= 15 is 0 Å². The topological polar surface area (TPSA) is 79.0 Å². The van der Waals surface area contributed by atoms with Crippen LogP contribution >= 0.6 is 0 Å². The largest absolute Gasteiger partial charge is 0.497 e. The summed E-state index contributed by atoms with van der Waals surface area (Å²) in [6.07, 6.45) is 2.71. The highest BCUT2D eigenvalue weighted by Crippen LogP contribution is 2.24. The summed E-state index contributed by atoms with van der Waals surface area (Å²) in [7, 11) is 1.61. The minimum absolute atomic E-state index is 0.0506. The summed E-state index contributed by atoms with van der Waals surface area (Å²) < 4.78 is 5.16. The van der Waals surface area contributed by atoms with Gasteiger partial charge in [-0.15, -0.1) is 0 Å². The third-order valence-electron chi connectivity index (χ3n) is 6.13. The maximum Gasteiger partial charge on any atom is 0.325 e. The molecule has 3 atom stereocenters. The van der Waals surface area contributed by atoms with Crippen LogP contribution in [0, 0.1) is 0 Å². The number of hydrogen-bond acceptors (Lipinski definition) is 4. The van der Waals surface area contributed by atoms with Crippen LogP contribution in [0.3, 0.4) is 0 Å². The third kappa shape index (κ3) is 5.12. The number of benzene rings is 1. The average molecular weight is 418 g/mol. The predicted molar refractivity (Wildman–Crippen MR) is 116 cm³/mol. The van der Waals surface area contributed by atoms with Gasteiger partial charge in [0.1, 0.15) is 17.8 Å². The van der Waals surface area contributed by atoms with Gasteiger partial charge in [0.2, 0.25) is 5.91 Å². The summed E-state index contributed by atoms with van der Waals surface area (Å²) in [5.74, 6) is 0.233. The maximum atomic E-state index is 13.0. The van der Waals surface area contributed by atoms with E-state index in [1.807, 2.05) is 52.0 Å². The Kier molecular flexibility index (Phi) is 7.87. The van der Waals surface area contributed by atoms with E-state index in [-0.39, 0.29) is 30.4 Å². The molecule has 1 saturated heterocycles. The first kappa shape index (κ1) is 23.7. The first-order valence-corrected chi connectivity index (χ1v) is 10.7. The van der Waals surface area contributed by atoms with Crippen molar-refractivity contribution in [3.05, 3.63) is 29.8 Å². The Bertz CT molecular complexity index is 754. The lowest BCUT2D eigenvalue weighted by atomic mass is 9.93. The summed E-state index contributed by atoms with van der Waals surface area (Å²) in [6, 6.07) is 7.23. The lowest BCUT2D eigenvalue weighted by Gasteiger charge is -2.35. The van der Waals surface area contributed by atoms with E-state index < -0.39 is 11.6 Å². The molecule has 1 N–H and O–H groups in total. The molecule has 0 radical (unpaired) electrons. The fourth-order valence-corrected chi connectivity index (χ4v) is 3.78. The molecule has 4 amide bonds. The second-order valence-corrected chi connectivity index (χ2v) is 8.32. The van der Waals surface area contributed by atoms with Crippen molar-refractivity contribution in [1.29, 1.82) is 0 Å². The molecule has 0 saturated carbocycles. The Morgan fingerprint density at radius 3 is 2.20 bits per heavy atom. The number of nitrogens with one attached hydrogen (secondary N) is 1. The molecule has 1 aliphatic rings. The van der Waals surface area contributed by atoms with Crippen molar-refractivity contribution < 1.29 is 19.1 Å². The number of urea groups is 1. The number of imide groups is 1. The molecule has 7 nitrogen and oxygen atoms in total. The summed E-state index contributed by atoms with van der Waals surface area (Å²) in [6.45, 7) is 9.54. The molecule has 166 valence electrons. The van der Waals surface area contributed by atoms with Crippen molar-refractivity contribution in [3.63, 3.8) is 0 Å². The minimum atomic E-state index is -1.02. The van der Waals surface area contributed by atoms with E-state index in [1.165, 1.54) is 0 Å². The molecular formula is C23H35N3O4. The molecule has 1 heterocycles. The molecule has 7 heteroatoms. The Labute approximate surface area is 179 Å². The van der Waals surface area contributed by atoms with Crippen LogP contribution in [-0.4, -0.2) is 58.9 Å². The zero-order valence-corrected chi connectivity index (χ0v) is 19.0. The normalized spacial score (nSPS) is 20.7. The molecular weight excluding hydrogens is 382 g/mol.